The van der Waals surface area contributed by atoms with Crippen LogP contribution in [0.25, 0.3) is 16.6 Å². The van der Waals surface area contributed by atoms with Crippen LogP contribution in [-0.2, 0) is 10.0 Å². The van der Waals surface area contributed by atoms with E-state index in [1.165, 1.54) is 12.1 Å². The van der Waals surface area contributed by atoms with Crippen molar-refractivity contribution in [2.45, 2.75) is 43.0 Å². The highest BCUT2D eigenvalue weighted by Gasteiger charge is 2.25. The van der Waals surface area contributed by atoms with Crippen LogP contribution in [0.1, 0.15) is 48.5 Å². The van der Waals surface area contributed by atoms with Crippen LogP contribution in [0.3, 0.4) is 0 Å². The monoisotopic (exact) mass is 527 g/mol. The van der Waals surface area contributed by atoms with Crippen molar-refractivity contribution in [2.75, 3.05) is 0 Å². The molecule has 3 aromatic carbocycles. The second-order valence-corrected chi connectivity index (χ2v) is 10.9. The first-order valence-electron chi connectivity index (χ1n) is 11.6. The molecular weight excluding hydrogens is 505 g/mol. The number of rotatable bonds is 5. The van der Waals surface area contributed by atoms with E-state index < -0.39 is 21.7 Å². The van der Waals surface area contributed by atoms with Gasteiger partial charge in [-0.2, -0.15) is 0 Å². The van der Waals surface area contributed by atoms with Gasteiger partial charge in [-0.25, -0.2) is 22.2 Å². The second-order valence-electron chi connectivity index (χ2n) is 8.83. The number of carbonyl (C=O) groups is 1. The molecule has 10 heteroatoms. The van der Waals surface area contributed by atoms with Crippen LogP contribution in [0.2, 0.25) is 5.02 Å². The molecule has 0 spiro atoms. The predicted molar refractivity (Wildman–Crippen MR) is 136 cm³/mol. The number of hydrogen-bond donors (Lipinski definition) is 1. The number of para-hydroxylation sites is 1. The second kappa shape index (κ2) is 9.55. The maximum absolute atomic E-state index is 13.6. The van der Waals surface area contributed by atoms with E-state index in [0.29, 0.717) is 16.6 Å². The number of hydrogen-bond acceptors (Lipinski definition) is 4. The Labute approximate surface area is 212 Å². The summed E-state index contributed by atoms with van der Waals surface area (Å²) in [4.78, 5) is 26.1. The van der Waals surface area contributed by atoms with Crippen LogP contribution in [0.4, 0.5) is 4.39 Å². The maximum atomic E-state index is 13.6. The van der Waals surface area contributed by atoms with Gasteiger partial charge in [-0.15, -0.1) is 0 Å². The highest BCUT2D eigenvalue weighted by Crippen LogP contribution is 2.32. The van der Waals surface area contributed by atoms with E-state index in [-0.39, 0.29) is 27.1 Å². The summed E-state index contributed by atoms with van der Waals surface area (Å²) in [7, 11) is -4.31. The fourth-order valence-corrected chi connectivity index (χ4v) is 5.99. The highest BCUT2D eigenvalue weighted by atomic mass is 35.5. The first-order chi connectivity index (χ1) is 17.3. The SMILES string of the molecule is O=C(NS(=O)(=O)c1ccc(F)c(Cl)c1)c1ccc2c(c1)c(=O)n(-c1ccccc1)n2C1CCCCC1. The molecule has 1 N–H and O–H groups in total. The molecule has 0 radical (unpaired) electrons. The maximum Gasteiger partial charge on any atom is 0.279 e. The highest BCUT2D eigenvalue weighted by molar-refractivity contribution is 7.90. The molecule has 1 fully saturated rings. The predicted octanol–water partition coefficient (Wildman–Crippen LogP) is 5.21. The number of sulfonamides is 1. The lowest BCUT2D eigenvalue weighted by molar-refractivity contribution is 0.0981. The van der Waals surface area contributed by atoms with Crippen molar-refractivity contribution in [1.82, 2.24) is 14.1 Å². The van der Waals surface area contributed by atoms with Crippen molar-refractivity contribution < 1.29 is 17.6 Å². The zero-order valence-corrected chi connectivity index (χ0v) is 20.7. The number of benzene rings is 3. The van der Waals surface area contributed by atoms with E-state index in [2.05, 4.69) is 0 Å². The topological polar surface area (TPSA) is 90.2 Å². The van der Waals surface area contributed by atoms with E-state index in [4.69, 9.17) is 11.6 Å². The third-order valence-corrected chi connectivity index (χ3v) is 8.11. The molecule has 1 aliphatic carbocycles. The van der Waals surface area contributed by atoms with E-state index in [1.54, 1.807) is 10.7 Å². The minimum absolute atomic E-state index is 0.0115. The molecule has 1 aromatic heterocycles. The Hall–Kier alpha value is -3.43. The minimum atomic E-state index is -4.31. The summed E-state index contributed by atoms with van der Waals surface area (Å²) >= 11 is 5.70. The molecular formula is C26H23ClFN3O4S. The minimum Gasteiger partial charge on any atom is -0.274 e. The first-order valence-corrected chi connectivity index (χ1v) is 13.5. The molecule has 1 amide bonds. The van der Waals surface area contributed by atoms with Crippen LogP contribution in [0.15, 0.2) is 76.4 Å². The Kier molecular flexibility index (Phi) is 6.44. The van der Waals surface area contributed by atoms with Gasteiger partial charge in [0.15, 0.2) is 0 Å². The lowest BCUT2D eigenvalue weighted by atomic mass is 9.95. The number of fused-ring (bicyclic) bond motifs is 1. The van der Waals surface area contributed by atoms with Crippen molar-refractivity contribution >= 4 is 38.4 Å². The Morgan fingerprint density at radius 2 is 1.69 bits per heavy atom. The molecule has 0 atom stereocenters. The van der Waals surface area contributed by atoms with Crippen molar-refractivity contribution in [3.63, 3.8) is 0 Å². The van der Waals surface area contributed by atoms with Gasteiger partial charge in [0.25, 0.3) is 21.5 Å². The summed E-state index contributed by atoms with van der Waals surface area (Å²) in [5.41, 5.74) is 1.12. The van der Waals surface area contributed by atoms with Gasteiger partial charge >= 0.3 is 0 Å². The average molecular weight is 528 g/mol. The molecule has 0 unspecified atom stereocenters. The van der Waals surface area contributed by atoms with E-state index in [1.807, 2.05) is 39.7 Å². The molecule has 1 saturated carbocycles. The molecule has 0 aliphatic heterocycles. The molecule has 0 saturated heterocycles. The largest absolute Gasteiger partial charge is 0.279 e. The number of nitrogens with one attached hydrogen (secondary N) is 1. The Morgan fingerprint density at radius 3 is 2.39 bits per heavy atom. The van der Waals surface area contributed by atoms with Gasteiger partial charge in [-0.05, 0) is 61.4 Å². The lowest BCUT2D eigenvalue weighted by Crippen LogP contribution is -2.30. The van der Waals surface area contributed by atoms with Crippen molar-refractivity contribution in [1.29, 1.82) is 0 Å². The average Bonchev–Trinajstić information content (AvgIpc) is 3.18. The first kappa shape index (κ1) is 24.3. The van der Waals surface area contributed by atoms with Gasteiger partial charge < -0.3 is 0 Å². The Bertz CT molecular complexity index is 1620. The summed E-state index contributed by atoms with van der Waals surface area (Å²) in [6, 6.07) is 16.9. The van der Waals surface area contributed by atoms with Crippen LogP contribution in [0.5, 0.6) is 0 Å². The molecule has 4 aromatic rings. The lowest BCUT2D eigenvalue weighted by Gasteiger charge is -2.26. The molecule has 36 heavy (non-hydrogen) atoms. The zero-order chi connectivity index (χ0) is 25.4. The summed E-state index contributed by atoms with van der Waals surface area (Å²) in [6.07, 6.45) is 5.18. The van der Waals surface area contributed by atoms with Gasteiger partial charge in [-0.3, -0.25) is 14.3 Å². The van der Waals surface area contributed by atoms with Gasteiger partial charge in [0.1, 0.15) is 5.82 Å². The summed E-state index contributed by atoms with van der Waals surface area (Å²) in [6.45, 7) is 0. The van der Waals surface area contributed by atoms with E-state index in [9.17, 15) is 22.4 Å². The molecule has 1 aliphatic rings. The Balaban J connectivity index is 1.56. The summed E-state index contributed by atoms with van der Waals surface area (Å²) in [5.74, 6) is -1.68. The zero-order valence-electron chi connectivity index (χ0n) is 19.2. The Morgan fingerprint density at radius 1 is 0.972 bits per heavy atom. The van der Waals surface area contributed by atoms with Gasteiger partial charge in [0.2, 0.25) is 0 Å². The fourth-order valence-electron chi connectivity index (χ4n) is 4.75. The molecule has 1 heterocycles. The fraction of sp³-hybridized carbons (Fsp3) is 0.231. The smallest absolute Gasteiger partial charge is 0.274 e. The van der Waals surface area contributed by atoms with Crippen LogP contribution >= 0.6 is 11.6 Å². The quantitative estimate of drug-likeness (QED) is 0.386. The van der Waals surface area contributed by atoms with Crippen molar-refractivity contribution in [2.24, 2.45) is 0 Å². The van der Waals surface area contributed by atoms with Gasteiger partial charge in [0.05, 0.1) is 32.6 Å². The third-order valence-electron chi connectivity index (χ3n) is 6.49. The van der Waals surface area contributed by atoms with E-state index >= 15 is 0 Å². The number of carbonyl (C=O) groups excluding carboxylic acids is 1. The number of amides is 1. The normalized spacial score (nSPS) is 14.7. The number of nitrogens with zero attached hydrogens (tertiary/aromatic N) is 2. The van der Waals surface area contributed by atoms with Gasteiger partial charge in [0, 0.05) is 5.56 Å². The molecule has 5 rings (SSSR count). The van der Waals surface area contributed by atoms with E-state index in [0.717, 1.165) is 50.3 Å². The molecule has 7 nitrogen and oxygen atoms in total. The van der Waals surface area contributed by atoms with Crippen molar-refractivity contribution in [3.05, 3.63) is 93.5 Å². The number of aromatic nitrogens is 2. The van der Waals surface area contributed by atoms with Crippen LogP contribution < -0.4 is 10.3 Å². The standard InChI is InChI=1S/C26H23ClFN3O4S/c27-22-16-20(12-13-23(22)28)36(34,35)29-25(32)17-11-14-24-21(15-17)26(33)31(19-9-5-2-6-10-19)30(24)18-7-3-1-4-8-18/h2,5-6,9-16,18H,1,3-4,7-8H2,(H,29,32). The number of halogens is 2. The van der Waals surface area contributed by atoms with Crippen LogP contribution in [0, 0.1) is 5.82 Å². The molecule has 0 bridgehead atoms. The molecule has 186 valence electrons. The van der Waals surface area contributed by atoms with Gasteiger partial charge in [-0.1, -0.05) is 49.1 Å². The summed E-state index contributed by atoms with van der Waals surface area (Å²) < 4.78 is 44.4. The van der Waals surface area contributed by atoms with Crippen molar-refractivity contribution in [3.8, 4) is 5.69 Å². The third kappa shape index (κ3) is 4.44. The van der Waals surface area contributed by atoms with Crippen LogP contribution in [-0.4, -0.2) is 23.7 Å². The summed E-state index contributed by atoms with van der Waals surface area (Å²) in [5, 5.41) is -0.0587.